The molecule has 0 aromatic heterocycles. The Labute approximate surface area is 99.7 Å². The van der Waals surface area contributed by atoms with Crippen molar-refractivity contribution in [1.82, 2.24) is 0 Å². The Hall–Kier alpha value is -1.69. The van der Waals surface area contributed by atoms with E-state index in [0.29, 0.717) is 5.56 Å². The molecule has 0 aliphatic carbocycles. The van der Waals surface area contributed by atoms with Crippen molar-refractivity contribution in [2.75, 3.05) is 0 Å². The highest BCUT2D eigenvalue weighted by Crippen LogP contribution is 2.31. The Morgan fingerprint density at radius 1 is 1.56 bits per heavy atom. The third-order valence-corrected chi connectivity index (χ3v) is 2.80. The summed E-state index contributed by atoms with van der Waals surface area (Å²) in [6.45, 7) is 1.75. The molecule has 1 rings (SSSR count). The minimum Gasteiger partial charge on any atom is -0.478 e. The predicted octanol–water partition coefficient (Wildman–Crippen LogP) is 2.76. The predicted molar refractivity (Wildman–Crippen MR) is 62.2 cm³/mol. The molecule has 0 fully saturated rings. The van der Waals surface area contributed by atoms with Gasteiger partial charge in [-0.3, -0.25) is 10.1 Å². The van der Waals surface area contributed by atoms with Crippen LogP contribution in [0.5, 0.6) is 0 Å². The number of nitro groups is 1. The highest BCUT2D eigenvalue weighted by atomic mass is 79.9. The van der Waals surface area contributed by atoms with Crippen LogP contribution in [0.2, 0.25) is 0 Å². The second-order valence-corrected chi connectivity index (χ2v) is 3.85. The van der Waals surface area contributed by atoms with Crippen LogP contribution in [0.25, 0.3) is 6.08 Å². The number of aliphatic carboxylic acids is 1. The molecule has 6 heteroatoms. The molecule has 84 valence electrons. The smallest absolute Gasteiger partial charge is 0.328 e. The quantitative estimate of drug-likeness (QED) is 0.526. The number of carbonyl (C=O) groups is 1. The van der Waals surface area contributed by atoms with E-state index in [1.165, 1.54) is 12.1 Å². The summed E-state index contributed by atoms with van der Waals surface area (Å²) in [7, 11) is 0. The summed E-state index contributed by atoms with van der Waals surface area (Å²) in [6.07, 6.45) is 2.27. The van der Waals surface area contributed by atoms with Gasteiger partial charge in [-0.15, -0.1) is 0 Å². The molecule has 1 aromatic rings. The molecule has 0 bridgehead atoms. The molecule has 1 N–H and O–H groups in total. The zero-order valence-electron chi connectivity index (χ0n) is 8.31. The minimum absolute atomic E-state index is 0.0874. The number of aryl methyl sites for hydroxylation is 1. The Morgan fingerprint density at radius 2 is 2.19 bits per heavy atom. The zero-order valence-corrected chi connectivity index (χ0v) is 9.89. The lowest BCUT2D eigenvalue weighted by atomic mass is 10.1. The van der Waals surface area contributed by atoms with E-state index in [1.807, 2.05) is 0 Å². The second kappa shape index (κ2) is 4.89. The average molecular weight is 286 g/mol. The monoisotopic (exact) mass is 285 g/mol. The van der Waals surface area contributed by atoms with Crippen molar-refractivity contribution in [3.8, 4) is 0 Å². The van der Waals surface area contributed by atoms with Crippen LogP contribution in [0.15, 0.2) is 22.7 Å². The van der Waals surface area contributed by atoms with Crippen LogP contribution in [-0.4, -0.2) is 16.0 Å². The summed E-state index contributed by atoms with van der Waals surface area (Å²) in [5.41, 5.74) is 1.17. The van der Waals surface area contributed by atoms with Gasteiger partial charge in [-0.05, 0) is 40.1 Å². The molecular weight excluding hydrogens is 278 g/mol. The first kappa shape index (κ1) is 12.4. The highest BCUT2D eigenvalue weighted by Gasteiger charge is 2.15. The van der Waals surface area contributed by atoms with Crippen molar-refractivity contribution < 1.29 is 14.8 Å². The molecule has 1 aromatic carbocycles. The zero-order chi connectivity index (χ0) is 12.3. The van der Waals surface area contributed by atoms with Gasteiger partial charge in [0.2, 0.25) is 0 Å². The normalized spacial score (nSPS) is 10.6. The van der Waals surface area contributed by atoms with Gasteiger partial charge in [-0.1, -0.05) is 6.07 Å². The molecule has 0 unspecified atom stereocenters. The average Bonchev–Trinajstić information content (AvgIpc) is 2.16. The number of hydrogen-bond acceptors (Lipinski definition) is 3. The van der Waals surface area contributed by atoms with Crippen LogP contribution in [0, 0.1) is 17.0 Å². The van der Waals surface area contributed by atoms with E-state index >= 15 is 0 Å². The summed E-state index contributed by atoms with van der Waals surface area (Å²) in [6, 6.07) is 2.95. The fourth-order valence-corrected chi connectivity index (χ4v) is 1.90. The van der Waals surface area contributed by atoms with Gasteiger partial charge in [0.15, 0.2) is 0 Å². The van der Waals surface area contributed by atoms with Gasteiger partial charge in [-0.2, -0.15) is 0 Å². The van der Waals surface area contributed by atoms with Crippen LogP contribution in [-0.2, 0) is 4.79 Å². The van der Waals surface area contributed by atoms with Gasteiger partial charge in [-0.25, -0.2) is 4.79 Å². The van der Waals surface area contributed by atoms with E-state index in [1.54, 1.807) is 13.0 Å². The second-order valence-electron chi connectivity index (χ2n) is 3.06. The summed E-state index contributed by atoms with van der Waals surface area (Å²) >= 11 is 3.10. The summed E-state index contributed by atoms with van der Waals surface area (Å²) < 4.78 is 0.287. The number of carboxylic acids is 1. The van der Waals surface area contributed by atoms with Gasteiger partial charge in [0.05, 0.1) is 4.92 Å². The number of halogens is 1. The number of nitrogens with zero attached hydrogens (tertiary/aromatic N) is 1. The third kappa shape index (κ3) is 2.66. The van der Waals surface area contributed by atoms with E-state index in [-0.39, 0.29) is 10.2 Å². The number of hydrogen-bond donors (Lipinski definition) is 1. The molecule has 0 saturated carbocycles. The molecular formula is C10H8BrNO4. The van der Waals surface area contributed by atoms with E-state index in [0.717, 1.165) is 11.6 Å². The highest BCUT2D eigenvalue weighted by molar-refractivity contribution is 9.10. The molecule has 5 nitrogen and oxygen atoms in total. The number of carboxylic acid groups (broad SMARTS) is 1. The van der Waals surface area contributed by atoms with Crippen LogP contribution in [0.3, 0.4) is 0 Å². The first-order chi connectivity index (χ1) is 7.43. The van der Waals surface area contributed by atoms with Gasteiger partial charge < -0.3 is 5.11 Å². The Balaban J connectivity index is 3.32. The number of nitro benzene ring substituents is 1. The maximum absolute atomic E-state index is 10.7. The molecule has 0 aliphatic rings. The first-order valence-corrected chi connectivity index (χ1v) is 5.07. The van der Waals surface area contributed by atoms with Crippen molar-refractivity contribution in [2.45, 2.75) is 6.92 Å². The topological polar surface area (TPSA) is 80.4 Å². The van der Waals surface area contributed by atoms with Crippen LogP contribution in [0.1, 0.15) is 11.1 Å². The van der Waals surface area contributed by atoms with Crippen LogP contribution in [0.4, 0.5) is 5.69 Å². The van der Waals surface area contributed by atoms with Crippen molar-refractivity contribution in [3.05, 3.63) is 43.9 Å². The summed E-state index contributed by atoms with van der Waals surface area (Å²) in [4.78, 5) is 20.5. The summed E-state index contributed by atoms with van der Waals surface area (Å²) in [5.74, 6) is -1.10. The van der Waals surface area contributed by atoms with Crippen LogP contribution >= 0.6 is 15.9 Å². The number of benzene rings is 1. The Kier molecular flexibility index (Phi) is 3.78. The fourth-order valence-electron chi connectivity index (χ4n) is 1.18. The third-order valence-electron chi connectivity index (χ3n) is 1.97. The Bertz CT molecular complexity index is 482. The fraction of sp³-hybridized carbons (Fsp3) is 0.100. The molecule has 0 radical (unpaired) electrons. The molecule has 0 amide bonds. The van der Waals surface area contributed by atoms with E-state index in [4.69, 9.17) is 5.11 Å². The van der Waals surface area contributed by atoms with E-state index in [2.05, 4.69) is 15.9 Å². The lowest BCUT2D eigenvalue weighted by Crippen LogP contribution is -1.94. The van der Waals surface area contributed by atoms with Gasteiger partial charge in [0, 0.05) is 12.1 Å². The van der Waals surface area contributed by atoms with Gasteiger partial charge >= 0.3 is 5.97 Å². The molecule has 16 heavy (non-hydrogen) atoms. The largest absolute Gasteiger partial charge is 0.478 e. The lowest BCUT2D eigenvalue weighted by Gasteiger charge is -2.03. The maximum atomic E-state index is 10.7. The van der Waals surface area contributed by atoms with E-state index in [9.17, 15) is 14.9 Å². The SMILES string of the molecule is Cc1ccc([N+](=O)[O-])c(Br)c1/C=C/C(=O)O. The molecule has 0 aliphatic heterocycles. The maximum Gasteiger partial charge on any atom is 0.328 e. The van der Waals surface area contributed by atoms with Gasteiger partial charge in [0.1, 0.15) is 4.47 Å². The molecule has 0 heterocycles. The standard InChI is InChI=1S/C10H8BrNO4/c1-6-2-4-8(12(15)16)10(11)7(6)3-5-9(13)14/h2-5H,1H3,(H,13,14)/b5-3+. The van der Waals surface area contributed by atoms with Crippen molar-refractivity contribution in [1.29, 1.82) is 0 Å². The minimum atomic E-state index is -1.10. The first-order valence-electron chi connectivity index (χ1n) is 4.28. The van der Waals surface area contributed by atoms with Crippen molar-refractivity contribution in [3.63, 3.8) is 0 Å². The molecule has 0 spiro atoms. The Morgan fingerprint density at radius 3 is 2.69 bits per heavy atom. The van der Waals surface area contributed by atoms with Crippen LogP contribution < -0.4 is 0 Å². The van der Waals surface area contributed by atoms with Crippen molar-refractivity contribution >= 4 is 33.7 Å². The molecule has 0 saturated heterocycles. The van der Waals surface area contributed by atoms with Crippen molar-refractivity contribution in [2.24, 2.45) is 0 Å². The summed E-state index contributed by atoms with van der Waals surface area (Å²) in [5, 5.41) is 19.2. The molecule has 0 atom stereocenters. The van der Waals surface area contributed by atoms with E-state index < -0.39 is 10.9 Å². The van der Waals surface area contributed by atoms with Gasteiger partial charge in [0.25, 0.3) is 5.69 Å². The number of rotatable bonds is 3. The lowest BCUT2D eigenvalue weighted by molar-refractivity contribution is -0.385.